The molecule has 0 amide bonds. The largest absolute Gasteiger partial charge is 0.309 e. The number of fused-ring (bicyclic) bond motifs is 3. The van der Waals surface area contributed by atoms with Crippen molar-refractivity contribution >= 4 is 50.6 Å². The summed E-state index contributed by atoms with van der Waals surface area (Å²) in [6, 6.07) is 65.9. The molecule has 8 aromatic rings. The van der Waals surface area contributed by atoms with Gasteiger partial charge in [-0.25, -0.2) is 0 Å². The molecule has 0 saturated heterocycles. The number of hydrogen-bond acceptors (Lipinski definition) is 2. The van der Waals surface area contributed by atoms with Gasteiger partial charge >= 0.3 is 0 Å². The van der Waals surface area contributed by atoms with Crippen LogP contribution in [0.15, 0.2) is 176 Å². The molecule has 0 aliphatic carbocycles. The normalized spacial score (nSPS) is 11.3. The number of rotatable bonds is 6. The Morgan fingerprint density at radius 1 is 0.417 bits per heavy atom. The van der Waals surface area contributed by atoms with E-state index >= 15 is 0 Å². The van der Waals surface area contributed by atoms with Gasteiger partial charge < -0.3 is 4.57 Å². The van der Waals surface area contributed by atoms with Gasteiger partial charge in [0, 0.05) is 22.0 Å². The van der Waals surface area contributed by atoms with Crippen LogP contribution in [0.3, 0.4) is 0 Å². The minimum absolute atomic E-state index is 0.494. The van der Waals surface area contributed by atoms with Crippen molar-refractivity contribution in [2.45, 2.75) is 0 Å². The lowest BCUT2D eigenvalue weighted by atomic mass is 9.95. The van der Waals surface area contributed by atoms with Crippen LogP contribution in [0.5, 0.6) is 0 Å². The quantitative estimate of drug-likeness (QED) is 0.141. The van der Waals surface area contributed by atoms with E-state index in [-0.39, 0.29) is 0 Å². The second-order valence-corrected chi connectivity index (χ2v) is 15.7. The fourth-order valence-corrected chi connectivity index (χ4v) is 12.2. The molecule has 3 nitrogen and oxygen atoms in total. The van der Waals surface area contributed by atoms with Crippen LogP contribution in [0.1, 0.15) is 11.1 Å². The van der Waals surface area contributed by atoms with Crippen LogP contribution in [-0.4, -0.2) is 12.6 Å². The van der Waals surface area contributed by atoms with Crippen LogP contribution in [0.25, 0.3) is 38.6 Å². The third kappa shape index (κ3) is 4.55. The van der Waals surface area contributed by atoms with Crippen molar-refractivity contribution in [1.82, 2.24) is 4.57 Å². The Bertz CT molecular complexity index is 2320. The third-order valence-corrected chi connectivity index (χ3v) is 14.2. The summed E-state index contributed by atoms with van der Waals surface area (Å²) in [5, 5.41) is 28.4. The first-order valence-electron chi connectivity index (χ1n) is 16.0. The van der Waals surface area contributed by atoms with Crippen LogP contribution in [-0.2, 0) is 0 Å². The predicted molar refractivity (Wildman–Crippen MR) is 199 cm³/mol. The standard InChI is InChI=1S/C44H29N3Si/c45-30-33-28-39(48(36-14-4-1-5-15-36,37-16-6-2-7-17-37)38-18-8-3-9-19-38)29-34(31-46)44(33)32-24-26-35(27-25-32)47-42-22-12-10-20-40(42)41-21-11-13-23-43(41)47/h1-29H. The van der Waals surface area contributed by atoms with Gasteiger partial charge in [-0.05, 0) is 62.7 Å². The van der Waals surface area contributed by atoms with Gasteiger partial charge in [0.25, 0.3) is 0 Å². The molecule has 0 radical (unpaired) electrons. The molecule has 224 valence electrons. The molecule has 0 bridgehead atoms. The Kier molecular flexibility index (Phi) is 7.27. The molecule has 1 heterocycles. The lowest BCUT2D eigenvalue weighted by Crippen LogP contribution is -2.74. The summed E-state index contributed by atoms with van der Waals surface area (Å²) in [7, 11) is -2.92. The fraction of sp³-hybridized carbons (Fsp3) is 0. The first kappa shape index (κ1) is 29.0. The topological polar surface area (TPSA) is 52.5 Å². The number of nitrogens with zero attached hydrogens (tertiary/aromatic N) is 3. The van der Waals surface area contributed by atoms with Gasteiger partial charge in [0.15, 0.2) is 8.07 Å². The summed E-state index contributed by atoms with van der Waals surface area (Å²) in [6.45, 7) is 0. The maximum absolute atomic E-state index is 10.7. The molecule has 0 unspecified atom stereocenters. The second kappa shape index (κ2) is 12.0. The van der Waals surface area contributed by atoms with Crippen LogP contribution < -0.4 is 20.7 Å². The molecule has 0 fully saturated rings. The lowest BCUT2D eigenvalue weighted by Gasteiger charge is -2.35. The van der Waals surface area contributed by atoms with Gasteiger partial charge in [0.2, 0.25) is 0 Å². The molecule has 0 spiro atoms. The van der Waals surface area contributed by atoms with Gasteiger partial charge in [-0.3, -0.25) is 0 Å². The smallest absolute Gasteiger partial charge is 0.179 e. The minimum Gasteiger partial charge on any atom is -0.309 e. The summed E-state index contributed by atoms with van der Waals surface area (Å²) in [5.74, 6) is 0. The molecule has 0 atom stereocenters. The van der Waals surface area contributed by atoms with Crippen LogP contribution in [0.4, 0.5) is 0 Å². The molecule has 0 saturated carbocycles. The molecule has 0 aliphatic heterocycles. The van der Waals surface area contributed by atoms with E-state index in [1.807, 2.05) is 42.5 Å². The Balaban J connectivity index is 1.34. The number of hydrogen-bond donors (Lipinski definition) is 0. The van der Waals surface area contributed by atoms with E-state index in [1.165, 1.54) is 26.3 Å². The number of aromatic nitrogens is 1. The Morgan fingerprint density at radius 2 is 0.812 bits per heavy atom. The highest BCUT2D eigenvalue weighted by atomic mass is 28.3. The second-order valence-electron chi connectivity index (χ2n) is 11.9. The molecule has 48 heavy (non-hydrogen) atoms. The van der Waals surface area contributed by atoms with E-state index in [0.29, 0.717) is 16.7 Å². The fourth-order valence-electron chi connectivity index (χ4n) is 7.39. The van der Waals surface area contributed by atoms with Gasteiger partial charge in [-0.2, -0.15) is 10.5 Å². The van der Waals surface area contributed by atoms with E-state index in [9.17, 15) is 10.5 Å². The average molecular weight is 628 g/mol. The van der Waals surface area contributed by atoms with E-state index in [4.69, 9.17) is 0 Å². The van der Waals surface area contributed by atoms with Crippen molar-refractivity contribution in [3.05, 3.63) is 187 Å². The summed E-state index contributed by atoms with van der Waals surface area (Å²) in [5.41, 5.74) is 5.78. The number of para-hydroxylation sites is 2. The van der Waals surface area contributed by atoms with Crippen molar-refractivity contribution < 1.29 is 0 Å². The Labute approximate surface area is 280 Å². The monoisotopic (exact) mass is 627 g/mol. The van der Waals surface area contributed by atoms with Crippen molar-refractivity contribution in [2.24, 2.45) is 0 Å². The Morgan fingerprint density at radius 3 is 1.23 bits per heavy atom. The molecule has 0 aliphatic rings. The third-order valence-electron chi connectivity index (χ3n) is 9.43. The van der Waals surface area contributed by atoms with E-state index in [0.717, 1.165) is 27.5 Å². The van der Waals surface area contributed by atoms with E-state index < -0.39 is 8.07 Å². The molecule has 4 heteroatoms. The number of nitriles is 2. The van der Waals surface area contributed by atoms with Crippen molar-refractivity contribution in [2.75, 3.05) is 0 Å². The summed E-state index contributed by atoms with van der Waals surface area (Å²) >= 11 is 0. The molecule has 7 aromatic carbocycles. The van der Waals surface area contributed by atoms with Crippen molar-refractivity contribution in [1.29, 1.82) is 10.5 Å². The predicted octanol–water partition coefficient (Wildman–Crippen LogP) is 7.57. The van der Waals surface area contributed by atoms with Gasteiger partial charge in [0.05, 0.1) is 34.3 Å². The summed E-state index contributed by atoms with van der Waals surface area (Å²) < 4.78 is 2.27. The highest BCUT2D eigenvalue weighted by Gasteiger charge is 2.42. The van der Waals surface area contributed by atoms with Crippen molar-refractivity contribution in [3.63, 3.8) is 0 Å². The Hall–Kier alpha value is -6.46. The zero-order valence-electron chi connectivity index (χ0n) is 26.1. The van der Waals surface area contributed by atoms with Crippen LogP contribution in [0, 0.1) is 22.7 Å². The van der Waals surface area contributed by atoms with Gasteiger partial charge in [0.1, 0.15) is 0 Å². The molecular formula is C44H29N3Si. The summed E-state index contributed by atoms with van der Waals surface area (Å²) in [4.78, 5) is 0. The molecule has 1 aromatic heterocycles. The summed E-state index contributed by atoms with van der Waals surface area (Å²) in [6.07, 6.45) is 0. The zero-order valence-corrected chi connectivity index (χ0v) is 27.1. The van der Waals surface area contributed by atoms with E-state index in [2.05, 4.69) is 150 Å². The number of benzene rings is 7. The van der Waals surface area contributed by atoms with Gasteiger partial charge in [-0.15, -0.1) is 0 Å². The van der Waals surface area contributed by atoms with E-state index in [1.54, 1.807) is 0 Å². The molecule has 8 rings (SSSR count). The van der Waals surface area contributed by atoms with Gasteiger partial charge in [-0.1, -0.05) is 140 Å². The lowest BCUT2D eigenvalue weighted by molar-refractivity contribution is 1.18. The average Bonchev–Trinajstić information content (AvgIpc) is 3.50. The maximum Gasteiger partial charge on any atom is 0.179 e. The first-order chi connectivity index (χ1) is 23.7. The SMILES string of the molecule is N#Cc1cc([Si](c2ccccc2)(c2ccccc2)c2ccccc2)cc(C#N)c1-c1ccc(-n2c3ccccc3c3ccccc32)cc1. The molecular weight excluding hydrogens is 599 g/mol. The first-order valence-corrected chi connectivity index (χ1v) is 18.0. The highest BCUT2D eigenvalue weighted by Crippen LogP contribution is 2.34. The van der Waals surface area contributed by atoms with Crippen LogP contribution in [0.2, 0.25) is 0 Å². The zero-order chi connectivity index (χ0) is 32.5. The maximum atomic E-state index is 10.7. The minimum atomic E-state index is -2.92. The van der Waals surface area contributed by atoms with Crippen molar-refractivity contribution in [3.8, 4) is 29.0 Å². The van der Waals surface area contributed by atoms with Crippen LogP contribution >= 0.6 is 0 Å². The highest BCUT2D eigenvalue weighted by molar-refractivity contribution is 7.19. The molecule has 0 N–H and O–H groups in total.